The molecule has 2 aromatic carbocycles. The van der Waals surface area contributed by atoms with Crippen molar-refractivity contribution in [2.75, 3.05) is 144 Å². The zero-order valence-electron chi connectivity index (χ0n) is 62.7. The van der Waals surface area contributed by atoms with E-state index < -0.39 is 12.2 Å². The highest BCUT2D eigenvalue weighted by molar-refractivity contribution is 5.99. The predicted octanol–water partition coefficient (Wildman–Crippen LogP) is 7.71. The number of anilines is 2. The quantitative estimate of drug-likeness (QED) is 0.00819. The van der Waals surface area contributed by atoms with E-state index in [4.69, 9.17) is 63.7 Å². The maximum Gasteiger partial charge on any atom is 0.293 e. The van der Waals surface area contributed by atoms with E-state index in [1.165, 1.54) is 24.6 Å². The first-order valence-corrected chi connectivity index (χ1v) is 38.1. The number of benzene rings is 2. The van der Waals surface area contributed by atoms with Crippen LogP contribution < -0.4 is 16.8 Å². The van der Waals surface area contributed by atoms with Crippen LogP contribution in [0.5, 0.6) is 0 Å². The maximum absolute atomic E-state index is 14.0. The van der Waals surface area contributed by atoms with Gasteiger partial charge in [0.15, 0.2) is 17.8 Å². The zero-order valence-corrected chi connectivity index (χ0v) is 62.7. The van der Waals surface area contributed by atoms with Crippen LogP contribution in [0.1, 0.15) is 141 Å². The van der Waals surface area contributed by atoms with Crippen molar-refractivity contribution in [3.8, 4) is 11.3 Å². The number of hydrogen-bond acceptors (Lipinski definition) is 24. The molecule has 5 aromatic rings. The summed E-state index contributed by atoms with van der Waals surface area (Å²) in [4.78, 5) is 76.3. The number of oxazole rings is 1. The number of ether oxygens (including phenoxy) is 8. The van der Waals surface area contributed by atoms with E-state index in [-0.39, 0.29) is 73.5 Å². The van der Waals surface area contributed by atoms with Gasteiger partial charge in [0.1, 0.15) is 41.7 Å². The van der Waals surface area contributed by atoms with Crippen molar-refractivity contribution in [3.63, 3.8) is 0 Å². The van der Waals surface area contributed by atoms with Gasteiger partial charge in [-0.2, -0.15) is 10.1 Å². The molecule has 28 nitrogen and oxygen atoms in total. The van der Waals surface area contributed by atoms with Crippen LogP contribution in [0.3, 0.4) is 0 Å². The van der Waals surface area contributed by atoms with Crippen molar-refractivity contribution in [1.29, 1.82) is 0 Å². The molecule has 3 aliphatic heterocycles. The van der Waals surface area contributed by atoms with Crippen molar-refractivity contribution in [2.24, 2.45) is 34.7 Å². The van der Waals surface area contributed by atoms with E-state index in [9.17, 15) is 29.4 Å². The number of aliphatic hydroxyl groups excluding tert-OH is 2. The molecule has 9 rings (SSSR count). The SMILES string of the molecule is CO[C@@H](/C(=N/OCC(=O)NCCOCCOCCOCCOCCOCCOCCC(=O)N1CCC(N2CCC(C(=O)N3CCc4cc(Cn5nc(-c6ccc7oc(N)nc7c6)c6c(N)ncnc65)ccc4C3)CC2)CC1)[C@H](C)CC(C)C)[C@H](O)/C(C)=C/[C@@H](C)CC[C@@H](CCC1CCC(O)CC1)OC=O. The van der Waals surface area contributed by atoms with Gasteiger partial charge in [0.2, 0.25) is 11.8 Å². The van der Waals surface area contributed by atoms with Crippen molar-refractivity contribution < 1.29 is 76.5 Å². The van der Waals surface area contributed by atoms with Gasteiger partial charge in [0.05, 0.1) is 109 Å². The molecule has 105 heavy (non-hydrogen) atoms. The Bertz CT molecular complexity index is 3550. The second kappa shape index (κ2) is 42.9. The highest BCUT2D eigenvalue weighted by atomic mass is 16.6. The number of aromatic nitrogens is 5. The lowest BCUT2D eigenvalue weighted by atomic mass is 9.83. The smallest absolute Gasteiger partial charge is 0.293 e. The first kappa shape index (κ1) is 81.8. The van der Waals surface area contributed by atoms with Gasteiger partial charge in [0, 0.05) is 63.3 Å². The summed E-state index contributed by atoms with van der Waals surface area (Å²) in [7, 11) is 1.53. The van der Waals surface area contributed by atoms with Gasteiger partial charge in [-0.05, 0) is 168 Å². The van der Waals surface area contributed by atoms with Gasteiger partial charge in [-0.3, -0.25) is 19.2 Å². The fraction of sp³-hybridized carbons (Fsp3) is 0.675. The van der Waals surface area contributed by atoms with Crippen LogP contribution in [0, 0.1) is 29.6 Å². The van der Waals surface area contributed by atoms with Crippen molar-refractivity contribution in [3.05, 3.63) is 71.1 Å². The van der Waals surface area contributed by atoms with Gasteiger partial charge < -0.3 is 88.8 Å². The fourth-order valence-electron chi connectivity index (χ4n) is 14.9. The van der Waals surface area contributed by atoms with E-state index in [1.807, 2.05) is 52.6 Å². The topological polar surface area (TPSA) is 348 Å². The van der Waals surface area contributed by atoms with E-state index >= 15 is 0 Å². The molecule has 28 heteroatoms. The maximum atomic E-state index is 14.0. The van der Waals surface area contributed by atoms with Gasteiger partial charge in [-0.25, -0.2) is 14.6 Å². The van der Waals surface area contributed by atoms with E-state index in [1.54, 1.807) is 0 Å². The molecule has 2 saturated heterocycles. The lowest BCUT2D eigenvalue weighted by Gasteiger charge is -2.42. The minimum absolute atomic E-state index is 0.0110. The zero-order chi connectivity index (χ0) is 74.5. The van der Waals surface area contributed by atoms with Crippen LogP contribution >= 0.6 is 0 Å². The molecule has 0 bridgehead atoms. The molecule has 0 radical (unpaired) electrons. The Hall–Kier alpha value is -7.25. The molecule has 3 aromatic heterocycles. The second-order valence-electron chi connectivity index (χ2n) is 29.0. The molecular weight excluding hydrogens is 1350 g/mol. The minimum Gasteiger partial charge on any atom is -0.465 e. The number of nitrogen functional groups attached to an aromatic ring is 2. The Kier molecular flexibility index (Phi) is 33.4. The third kappa shape index (κ3) is 25.4. The number of methoxy groups -OCH3 is 1. The Labute approximate surface area is 617 Å². The number of amides is 3. The van der Waals surface area contributed by atoms with Gasteiger partial charge >= 0.3 is 0 Å². The number of nitrogens with one attached hydrogen (secondary N) is 1. The summed E-state index contributed by atoms with van der Waals surface area (Å²) >= 11 is 0. The van der Waals surface area contributed by atoms with E-state index in [0.29, 0.717) is 169 Å². The Balaban J connectivity index is 0.538. The molecule has 3 fully saturated rings. The van der Waals surface area contributed by atoms with E-state index in [2.05, 4.69) is 69.3 Å². The van der Waals surface area contributed by atoms with Crippen LogP contribution in [0.15, 0.2) is 63.9 Å². The molecule has 0 spiro atoms. The minimum atomic E-state index is -1.01. The summed E-state index contributed by atoms with van der Waals surface area (Å²) in [5, 5.41) is 34.3. The average Bonchev–Trinajstić information content (AvgIpc) is 1.60. The fourth-order valence-corrected chi connectivity index (χ4v) is 14.9. The summed E-state index contributed by atoms with van der Waals surface area (Å²) in [5.41, 5.74) is 20.2. The van der Waals surface area contributed by atoms with Crippen LogP contribution in [-0.2, 0) is 81.4 Å². The van der Waals surface area contributed by atoms with Crippen molar-refractivity contribution in [1.82, 2.24) is 44.7 Å². The van der Waals surface area contributed by atoms with Crippen LogP contribution in [0.4, 0.5) is 11.8 Å². The third-order valence-electron chi connectivity index (χ3n) is 20.7. The highest BCUT2D eigenvalue weighted by Gasteiger charge is 2.36. The number of piperidine rings is 2. The number of oxime groups is 1. The van der Waals surface area contributed by atoms with Crippen molar-refractivity contribution in [2.45, 2.75) is 174 Å². The average molecular weight is 1470 g/mol. The van der Waals surface area contributed by atoms with Gasteiger partial charge in [0.25, 0.3) is 18.4 Å². The molecule has 3 amide bonds. The lowest BCUT2D eigenvalue weighted by Crippen LogP contribution is -2.50. The molecule has 5 atom stereocenters. The molecule has 1 saturated carbocycles. The molecular formula is C77H116N12O16. The summed E-state index contributed by atoms with van der Waals surface area (Å²) in [5.74, 6) is 1.23. The number of nitrogens with two attached hydrogens (primary N) is 2. The predicted molar refractivity (Wildman–Crippen MR) is 397 cm³/mol. The van der Waals surface area contributed by atoms with Gasteiger partial charge in [-0.15, -0.1) is 0 Å². The van der Waals surface area contributed by atoms with E-state index in [0.717, 1.165) is 126 Å². The van der Waals surface area contributed by atoms with Crippen molar-refractivity contribution >= 4 is 63.9 Å². The summed E-state index contributed by atoms with van der Waals surface area (Å²) in [6.07, 6.45) is 13.7. The summed E-state index contributed by atoms with van der Waals surface area (Å²) in [6, 6.07) is 12.6. The number of nitrogens with zero attached hydrogens (tertiary/aromatic N) is 9. The number of carbonyl (C=O) groups excluding carboxylic acids is 4. The van der Waals surface area contributed by atoms with Gasteiger partial charge in [-0.1, -0.05) is 57.1 Å². The molecule has 580 valence electrons. The standard InChI is InChI=1S/C77H116N12O16/c1-52(2)43-54(4)70(73(96-6)72(94)55(5)44-53(3)7-16-64(103-51-90)17-11-56-9-14-63(91)15-10-56)85-104-49-67(92)80-25-32-98-34-36-100-38-40-102-42-41-101-39-37-99-35-33-97-31-24-68(93)87-29-22-62(23-30-87)86-26-19-58(20-27-86)76(95)88-28-21-59-45-57(8-12-61(59)48-88)47-89-75-69(74(78)81-50-82-75)71(84-89)60-13-18-66-65(46-60)83-77(79)105-66/h8,12-13,18,44-46,50-54,56,58,62-64,72-73,91,94H,7,9-11,14-17,19-43,47-49H2,1-6H3,(H2,79,83)(H,80,92)(H2,78,81,82)/b55-44+,85-70+/t53-,54+,56?,63?,64-,72+,73-/m0/s1. The summed E-state index contributed by atoms with van der Waals surface area (Å²) < 4.78 is 52.5. The summed E-state index contributed by atoms with van der Waals surface area (Å²) in [6.45, 7) is 20.3. The lowest BCUT2D eigenvalue weighted by molar-refractivity contribution is -0.139. The Morgan fingerprint density at radius 3 is 2.11 bits per heavy atom. The number of fused-ring (bicyclic) bond motifs is 3. The molecule has 4 aliphatic rings. The number of aliphatic hydroxyl groups is 2. The number of hydrogen-bond donors (Lipinski definition) is 5. The first-order valence-electron chi connectivity index (χ1n) is 38.1. The number of likely N-dealkylation sites (tertiary alicyclic amines) is 2. The largest absolute Gasteiger partial charge is 0.465 e. The monoisotopic (exact) mass is 1460 g/mol. The number of rotatable bonds is 45. The molecule has 1 aliphatic carbocycles. The highest BCUT2D eigenvalue weighted by Crippen LogP contribution is 2.35. The third-order valence-corrected chi connectivity index (χ3v) is 20.7. The van der Waals surface area contributed by atoms with Crippen LogP contribution in [0.25, 0.3) is 33.4 Å². The van der Waals surface area contributed by atoms with Crippen LogP contribution in [0.2, 0.25) is 0 Å². The number of allylic oxidation sites excluding steroid dienone is 1. The molecule has 6 heterocycles. The Morgan fingerprint density at radius 2 is 1.45 bits per heavy atom. The number of carbonyl (C=O) groups is 4. The van der Waals surface area contributed by atoms with Crippen LogP contribution in [-0.4, -0.2) is 242 Å². The Morgan fingerprint density at radius 1 is 0.771 bits per heavy atom. The molecule has 0 unspecified atom stereocenters. The molecule has 7 N–H and O–H groups in total. The second-order valence-corrected chi connectivity index (χ2v) is 29.0. The first-order chi connectivity index (χ1) is 50.9. The normalized spacial score (nSPS) is 18.9.